The van der Waals surface area contributed by atoms with Crippen LogP contribution in [0.3, 0.4) is 0 Å². The van der Waals surface area contributed by atoms with Crippen LogP contribution >= 0.6 is 15.9 Å². The normalized spacial score (nSPS) is 19.6. The summed E-state index contributed by atoms with van der Waals surface area (Å²) in [5.41, 5.74) is 0.729. The van der Waals surface area contributed by atoms with E-state index in [0.29, 0.717) is 0 Å². The Bertz CT molecular complexity index is 476. The largest absolute Gasteiger partial charge is 0.496 e. The van der Waals surface area contributed by atoms with Gasteiger partial charge in [-0.15, -0.1) is 0 Å². The molecular weight excluding hydrogens is 318 g/mol. The second-order valence-electron chi connectivity index (χ2n) is 5.35. The van der Waals surface area contributed by atoms with Crippen LogP contribution < -0.4 is 4.74 Å². The Morgan fingerprint density at radius 3 is 2.85 bits per heavy atom. The van der Waals surface area contributed by atoms with Crippen molar-refractivity contribution in [3.8, 4) is 5.75 Å². The van der Waals surface area contributed by atoms with Gasteiger partial charge in [0, 0.05) is 18.7 Å². The van der Waals surface area contributed by atoms with Gasteiger partial charge in [-0.05, 0) is 59.3 Å². The lowest BCUT2D eigenvalue weighted by molar-refractivity contribution is 0.0760. The molecule has 0 bridgehead atoms. The molecule has 110 valence electrons. The highest BCUT2D eigenvalue weighted by Gasteiger charge is 2.21. The van der Waals surface area contributed by atoms with Gasteiger partial charge in [-0.3, -0.25) is 4.79 Å². The van der Waals surface area contributed by atoms with Gasteiger partial charge in [-0.1, -0.05) is 13.3 Å². The zero-order chi connectivity index (χ0) is 14.5. The highest BCUT2D eigenvalue weighted by molar-refractivity contribution is 9.10. The molecule has 0 radical (unpaired) electrons. The maximum absolute atomic E-state index is 12.6. The summed E-state index contributed by atoms with van der Waals surface area (Å²) in [4.78, 5) is 14.6. The fourth-order valence-electron chi connectivity index (χ4n) is 2.76. The van der Waals surface area contributed by atoms with E-state index in [1.54, 1.807) is 7.11 Å². The number of halogens is 1. The van der Waals surface area contributed by atoms with Crippen LogP contribution in [0.15, 0.2) is 22.7 Å². The lowest BCUT2D eigenvalue weighted by Gasteiger charge is -2.21. The first-order valence-electron chi connectivity index (χ1n) is 7.28. The first-order chi connectivity index (χ1) is 9.65. The molecule has 1 aromatic rings. The molecule has 1 aromatic carbocycles. The van der Waals surface area contributed by atoms with Gasteiger partial charge in [-0.25, -0.2) is 0 Å². The van der Waals surface area contributed by atoms with Crippen molar-refractivity contribution in [1.29, 1.82) is 0 Å². The van der Waals surface area contributed by atoms with Crippen LogP contribution in [-0.4, -0.2) is 31.0 Å². The first-order valence-corrected chi connectivity index (χ1v) is 8.07. The molecule has 20 heavy (non-hydrogen) atoms. The summed E-state index contributed by atoms with van der Waals surface area (Å²) in [5.74, 6) is 1.66. The zero-order valence-corrected chi connectivity index (χ0v) is 13.8. The molecule has 1 unspecified atom stereocenters. The number of hydrogen-bond donors (Lipinski definition) is 0. The van der Waals surface area contributed by atoms with Gasteiger partial charge in [0.25, 0.3) is 5.91 Å². The summed E-state index contributed by atoms with van der Waals surface area (Å²) in [6.07, 6.45) is 4.70. The smallest absolute Gasteiger partial charge is 0.253 e. The first kappa shape index (κ1) is 15.4. The summed E-state index contributed by atoms with van der Waals surface area (Å²) in [6, 6.07) is 5.53. The van der Waals surface area contributed by atoms with Crippen molar-refractivity contribution in [1.82, 2.24) is 4.90 Å². The number of methoxy groups -OCH3 is 1. The molecular formula is C16H22BrNO2. The minimum Gasteiger partial charge on any atom is -0.496 e. The van der Waals surface area contributed by atoms with Crippen molar-refractivity contribution < 1.29 is 9.53 Å². The number of likely N-dealkylation sites (tertiary alicyclic amines) is 1. The van der Waals surface area contributed by atoms with Crippen LogP contribution in [0, 0.1) is 5.92 Å². The lowest BCUT2D eigenvalue weighted by Crippen LogP contribution is -2.32. The molecule has 0 spiro atoms. The fourth-order valence-corrected chi connectivity index (χ4v) is 3.30. The second-order valence-corrected chi connectivity index (χ2v) is 6.20. The highest BCUT2D eigenvalue weighted by atomic mass is 79.9. The van der Waals surface area contributed by atoms with Crippen molar-refractivity contribution >= 4 is 21.8 Å². The molecule has 0 aliphatic carbocycles. The van der Waals surface area contributed by atoms with Crippen LogP contribution in [0.1, 0.15) is 43.0 Å². The number of carbonyl (C=O) groups is 1. The Balaban J connectivity index is 2.08. The molecule has 4 heteroatoms. The quantitative estimate of drug-likeness (QED) is 0.829. The summed E-state index contributed by atoms with van der Waals surface area (Å²) in [7, 11) is 1.63. The van der Waals surface area contributed by atoms with Crippen LogP contribution in [0.5, 0.6) is 5.75 Å². The van der Waals surface area contributed by atoms with Gasteiger partial charge in [0.1, 0.15) is 5.75 Å². The predicted octanol–water partition coefficient (Wildman–Crippen LogP) is 4.11. The Hall–Kier alpha value is -1.03. The summed E-state index contributed by atoms with van der Waals surface area (Å²) in [5, 5.41) is 0. The van der Waals surface area contributed by atoms with E-state index in [2.05, 4.69) is 22.9 Å². The van der Waals surface area contributed by atoms with Gasteiger partial charge in [0.2, 0.25) is 0 Å². The molecule has 1 aliphatic heterocycles. The maximum Gasteiger partial charge on any atom is 0.253 e. The fraction of sp³-hybridized carbons (Fsp3) is 0.562. The van der Waals surface area contributed by atoms with Crippen LogP contribution in [0.4, 0.5) is 0 Å². The SMILES string of the molecule is CCC1CCCN(C(=O)c2ccc(OC)c(Br)c2)CC1. The minimum absolute atomic E-state index is 0.130. The molecule has 1 heterocycles. The zero-order valence-electron chi connectivity index (χ0n) is 12.2. The minimum atomic E-state index is 0.130. The van der Waals surface area contributed by atoms with E-state index in [4.69, 9.17) is 4.74 Å². The molecule has 1 fully saturated rings. The van der Waals surface area contributed by atoms with Gasteiger partial charge < -0.3 is 9.64 Å². The standard InChI is InChI=1S/C16H22BrNO2/c1-3-12-5-4-9-18(10-8-12)16(19)13-6-7-15(20-2)14(17)11-13/h6-7,11-12H,3-5,8-10H2,1-2H3. The molecule has 1 saturated heterocycles. The maximum atomic E-state index is 12.6. The van der Waals surface area contributed by atoms with Crippen molar-refractivity contribution in [2.75, 3.05) is 20.2 Å². The Morgan fingerprint density at radius 2 is 2.20 bits per heavy atom. The summed E-state index contributed by atoms with van der Waals surface area (Å²) in [6.45, 7) is 3.99. The van der Waals surface area contributed by atoms with Crippen LogP contribution in [-0.2, 0) is 0 Å². The van der Waals surface area contributed by atoms with Gasteiger partial charge in [0.15, 0.2) is 0 Å². The van der Waals surface area contributed by atoms with Crippen molar-refractivity contribution in [3.63, 3.8) is 0 Å². The molecule has 0 saturated carbocycles. The average molecular weight is 340 g/mol. The second kappa shape index (κ2) is 7.11. The number of rotatable bonds is 3. The molecule has 0 aromatic heterocycles. The number of nitrogens with zero attached hydrogens (tertiary/aromatic N) is 1. The molecule has 2 rings (SSSR count). The number of hydrogen-bond acceptors (Lipinski definition) is 2. The van der Waals surface area contributed by atoms with E-state index in [9.17, 15) is 4.79 Å². The number of ether oxygens (including phenoxy) is 1. The third kappa shape index (κ3) is 3.54. The monoisotopic (exact) mass is 339 g/mol. The predicted molar refractivity (Wildman–Crippen MR) is 84.2 cm³/mol. The van der Waals surface area contributed by atoms with Gasteiger partial charge in [-0.2, -0.15) is 0 Å². The Kier molecular flexibility index (Phi) is 5.46. The topological polar surface area (TPSA) is 29.5 Å². The van der Waals surface area contributed by atoms with Crippen LogP contribution in [0.25, 0.3) is 0 Å². The highest BCUT2D eigenvalue weighted by Crippen LogP contribution is 2.27. The van der Waals surface area contributed by atoms with E-state index >= 15 is 0 Å². The number of carbonyl (C=O) groups excluding carboxylic acids is 1. The molecule has 1 atom stereocenters. The van der Waals surface area contributed by atoms with E-state index < -0.39 is 0 Å². The van der Waals surface area contributed by atoms with E-state index in [1.807, 2.05) is 23.1 Å². The Morgan fingerprint density at radius 1 is 1.40 bits per heavy atom. The van der Waals surface area contributed by atoms with Crippen LogP contribution in [0.2, 0.25) is 0 Å². The third-order valence-corrected chi connectivity index (χ3v) is 4.73. The van der Waals surface area contributed by atoms with Gasteiger partial charge >= 0.3 is 0 Å². The molecule has 3 nitrogen and oxygen atoms in total. The average Bonchev–Trinajstić information content (AvgIpc) is 2.71. The van der Waals surface area contributed by atoms with Crippen molar-refractivity contribution in [2.45, 2.75) is 32.6 Å². The van der Waals surface area contributed by atoms with Crippen molar-refractivity contribution in [2.24, 2.45) is 5.92 Å². The van der Waals surface area contributed by atoms with Crippen molar-refractivity contribution in [3.05, 3.63) is 28.2 Å². The molecule has 1 amide bonds. The number of amides is 1. The molecule has 0 N–H and O–H groups in total. The van der Waals surface area contributed by atoms with E-state index in [-0.39, 0.29) is 5.91 Å². The third-order valence-electron chi connectivity index (χ3n) is 4.11. The number of benzene rings is 1. The van der Waals surface area contributed by atoms with Gasteiger partial charge in [0.05, 0.1) is 11.6 Å². The lowest BCUT2D eigenvalue weighted by atomic mass is 9.98. The van der Waals surface area contributed by atoms with E-state index in [1.165, 1.54) is 12.8 Å². The summed E-state index contributed by atoms with van der Waals surface area (Å²) >= 11 is 3.44. The molecule has 1 aliphatic rings. The Labute approximate surface area is 129 Å². The summed E-state index contributed by atoms with van der Waals surface area (Å²) < 4.78 is 6.03. The van der Waals surface area contributed by atoms with E-state index in [0.717, 1.165) is 47.6 Å².